The van der Waals surface area contributed by atoms with Crippen molar-refractivity contribution in [2.24, 2.45) is 5.92 Å². The Morgan fingerprint density at radius 1 is 1.30 bits per heavy atom. The van der Waals surface area contributed by atoms with E-state index in [9.17, 15) is 16.8 Å². The summed E-state index contributed by atoms with van der Waals surface area (Å²) < 4.78 is 56.2. The number of nitrogens with zero attached hydrogens (tertiary/aromatic N) is 1. The van der Waals surface area contributed by atoms with Gasteiger partial charge in [-0.2, -0.15) is 0 Å². The molecule has 9 heteroatoms. The van der Waals surface area contributed by atoms with E-state index in [1.807, 2.05) is 0 Å². The largest absolute Gasteiger partial charge is 0.380 e. The van der Waals surface area contributed by atoms with Crippen LogP contribution in [-0.4, -0.2) is 59.2 Å². The normalized spacial score (nSPS) is 28.8. The molecule has 2 saturated heterocycles. The van der Waals surface area contributed by atoms with Crippen molar-refractivity contribution in [2.75, 3.05) is 32.8 Å². The second-order valence-electron chi connectivity index (χ2n) is 5.10. The van der Waals surface area contributed by atoms with Crippen molar-refractivity contribution in [1.29, 1.82) is 0 Å². The van der Waals surface area contributed by atoms with Crippen LogP contribution >= 0.6 is 0 Å². The number of rotatable bonds is 6. The van der Waals surface area contributed by atoms with Crippen LogP contribution in [0, 0.1) is 5.92 Å². The molecular formula is C11H20N2O5S2. The molecule has 2 rings (SSSR count). The Balaban J connectivity index is 1.90. The fraction of sp³-hybridized carbons (Fsp3) is 0.818. The van der Waals surface area contributed by atoms with Crippen molar-refractivity contribution in [3.8, 4) is 0 Å². The summed E-state index contributed by atoms with van der Waals surface area (Å²) in [5.41, 5.74) is 0. The number of hydrogen-bond donors (Lipinski definition) is 1. The summed E-state index contributed by atoms with van der Waals surface area (Å²) in [4.78, 5) is 0. The second-order valence-corrected chi connectivity index (χ2v) is 9.03. The molecule has 0 amide bonds. The van der Waals surface area contributed by atoms with E-state index in [4.69, 9.17) is 4.74 Å². The average Bonchev–Trinajstić information content (AvgIpc) is 3.08. The zero-order valence-electron chi connectivity index (χ0n) is 11.2. The zero-order chi connectivity index (χ0) is 14.8. The minimum absolute atomic E-state index is 0.00169. The SMILES string of the molecule is C=CS(=O)(=O)NC[C@H]1CCN(S(=O)(=O)C2CCOC2)C1. The van der Waals surface area contributed by atoms with Crippen LogP contribution in [0.4, 0.5) is 0 Å². The Kier molecular flexibility index (Phi) is 4.85. The van der Waals surface area contributed by atoms with Gasteiger partial charge in [-0.1, -0.05) is 6.58 Å². The molecule has 1 unspecified atom stereocenters. The number of nitrogens with one attached hydrogen (secondary N) is 1. The van der Waals surface area contributed by atoms with Gasteiger partial charge < -0.3 is 4.74 Å². The molecular weight excluding hydrogens is 304 g/mol. The molecule has 116 valence electrons. The third-order valence-electron chi connectivity index (χ3n) is 3.71. The lowest BCUT2D eigenvalue weighted by Gasteiger charge is -2.20. The highest BCUT2D eigenvalue weighted by molar-refractivity contribution is 7.92. The van der Waals surface area contributed by atoms with Crippen LogP contribution in [0.5, 0.6) is 0 Å². The van der Waals surface area contributed by atoms with E-state index in [0.29, 0.717) is 32.5 Å². The van der Waals surface area contributed by atoms with Gasteiger partial charge in [0.05, 0.1) is 6.61 Å². The van der Waals surface area contributed by atoms with Gasteiger partial charge in [0.1, 0.15) is 5.25 Å². The summed E-state index contributed by atoms with van der Waals surface area (Å²) in [5.74, 6) is 0.00169. The number of hydrogen-bond acceptors (Lipinski definition) is 5. The van der Waals surface area contributed by atoms with E-state index in [2.05, 4.69) is 11.3 Å². The topological polar surface area (TPSA) is 92.8 Å². The molecule has 0 radical (unpaired) electrons. The fourth-order valence-corrected chi connectivity index (χ4v) is 4.89. The monoisotopic (exact) mass is 324 g/mol. The standard InChI is InChI=1S/C11H20N2O5S2/c1-2-19(14,15)12-7-10-3-5-13(8-10)20(16,17)11-4-6-18-9-11/h2,10-12H,1,3-9H2/t10-,11?/m1/s1. The predicted octanol–water partition coefficient (Wildman–Crippen LogP) is -0.510. The molecule has 2 aliphatic rings. The lowest BCUT2D eigenvalue weighted by molar-refractivity contribution is 0.198. The Labute approximate surface area is 120 Å². The van der Waals surface area contributed by atoms with Crippen molar-refractivity contribution in [3.63, 3.8) is 0 Å². The lowest BCUT2D eigenvalue weighted by atomic mass is 10.1. The second kappa shape index (κ2) is 6.10. The van der Waals surface area contributed by atoms with Crippen molar-refractivity contribution in [2.45, 2.75) is 18.1 Å². The minimum atomic E-state index is -3.45. The third kappa shape index (κ3) is 3.59. The molecule has 2 atom stereocenters. The van der Waals surface area contributed by atoms with E-state index in [1.54, 1.807) is 0 Å². The minimum Gasteiger partial charge on any atom is -0.380 e. The van der Waals surface area contributed by atoms with Gasteiger partial charge in [-0.05, 0) is 18.8 Å². The molecule has 1 N–H and O–H groups in total. The van der Waals surface area contributed by atoms with Gasteiger partial charge in [-0.25, -0.2) is 25.9 Å². The van der Waals surface area contributed by atoms with Crippen LogP contribution < -0.4 is 4.72 Å². The first-order chi connectivity index (χ1) is 9.35. The van der Waals surface area contributed by atoms with Crippen LogP contribution in [0.1, 0.15) is 12.8 Å². The summed E-state index contributed by atoms with van der Waals surface area (Å²) >= 11 is 0. The first-order valence-electron chi connectivity index (χ1n) is 6.54. The molecule has 2 aliphatic heterocycles. The highest BCUT2D eigenvalue weighted by Crippen LogP contribution is 2.25. The Bertz CT molecular complexity index is 551. The van der Waals surface area contributed by atoms with Gasteiger partial charge in [-0.15, -0.1) is 0 Å². The molecule has 0 aromatic heterocycles. The Morgan fingerprint density at radius 2 is 2.05 bits per heavy atom. The molecule has 0 aromatic carbocycles. The van der Waals surface area contributed by atoms with E-state index in [-0.39, 0.29) is 19.1 Å². The van der Waals surface area contributed by atoms with Crippen LogP contribution in [0.2, 0.25) is 0 Å². The highest BCUT2D eigenvalue weighted by Gasteiger charge is 2.38. The van der Waals surface area contributed by atoms with Gasteiger partial charge in [0.2, 0.25) is 20.0 Å². The highest BCUT2D eigenvalue weighted by atomic mass is 32.2. The van der Waals surface area contributed by atoms with Gasteiger partial charge >= 0.3 is 0 Å². The summed E-state index contributed by atoms with van der Waals surface area (Å²) in [6.45, 7) is 5.00. The predicted molar refractivity (Wildman–Crippen MR) is 74.9 cm³/mol. The Hall–Kier alpha value is -0.480. The van der Waals surface area contributed by atoms with E-state index >= 15 is 0 Å². The van der Waals surface area contributed by atoms with Crippen LogP contribution in [0.3, 0.4) is 0 Å². The maximum Gasteiger partial charge on any atom is 0.233 e. The van der Waals surface area contributed by atoms with Gasteiger partial charge in [0, 0.05) is 31.6 Å². The maximum atomic E-state index is 12.3. The first-order valence-corrected chi connectivity index (χ1v) is 9.59. The van der Waals surface area contributed by atoms with E-state index < -0.39 is 25.3 Å². The van der Waals surface area contributed by atoms with Crippen molar-refractivity contribution >= 4 is 20.0 Å². The van der Waals surface area contributed by atoms with Crippen LogP contribution in [0.15, 0.2) is 12.0 Å². The van der Waals surface area contributed by atoms with E-state index in [0.717, 1.165) is 5.41 Å². The third-order valence-corrected chi connectivity index (χ3v) is 6.98. The van der Waals surface area contributed by atoms with Gasteiger partial charge in [-0.3, -0.25) is 0 Å². The molecule has 0 bridgehead atoms. The first kappa shape index (κ1) is 15.9. The van der Waals surface area contributed by atoms with Crippen LogP contribution in [-0.2, 0) is 24.8 Å². The van der Waals surface area contributed by atoms with Crippen LogP contribution in [0.25, 0.3) is 0 Å². The zero-order valence-corrected chi connectivity index (χ0v) is 12.8. The van der Waals surface area contributed by atoms with Gasteiger partial charge in [0.15, 0.2) is 0 Å². The molecule has 0 saturated carbocycles. The molecule has 7 nitrogen and oxygen atoms in total. The summed E-state index contributed by atoms with van der Waals surface area (Å²) in [6, 6.07) is 0. The molecule has 20 heavy (non-hydrogen) atoms. The number of ether oxygens (including phenoxy) is 1. The van der Waals surface area contributed by atoms with E-state index in [1.165, 1.54) is 4.31 Å². The van der Waals surface area contributed by atoms with Crippen molar-refractivity contribution < 1.29 is 21.6 Å². The average molecular weight is 324 g/mol. The molecule has 0 spiro atoms. The lowest BCUT2D eigenvalue weighted by Crippen LogP contribution is -2.38. The summed E-state index contributed by atoms with van der Waals surface area (Å²) in [6.07, 6.45) is 1.19. The summed E-state index contributed by atoms with van der Waals surface area (Å²) in [7, 11) is -6.77. The molecule has 0 aliphatic carbocycles. The molecule has 0 aromatic rings. The van der Waals surface area contributed by atoms with Gasteiger partial charge in [0.25, 0.3) is 0 Å². The quantitative estimate of drug-likeness (QED) is 0.710. The summed E-state index contributed by atoms with van der Waals surface area (Å²) in [5, 5.41) is 0.401. The molecule has 2 fully saturated rings. The number of sulfonamides is 2. The van der Waals surface area contributed by atoms with Crippen molar-refractivity contribution in [1.82, 2.24) is 9.03 Å². The maximum absolute atomic E-state index is 12.3. The smallest absolute Gasteiger partial charge is 0.233 e. The van der Waals surface area contributed by atoms with Crippen molar-refractivity contribution in [3.05, 3.63) is 12.0 Å². The fourth-order valence-electron chi connectivity index (χ4n) is 2.45. The molecule has 2 heterocycles. The Morgan fingerprint density at radius 3 is 2.65 bits per heavy atom.